The number of sulfone groups is 1. The number of fused-ring (bicyclic) bond motifs is 1. The zero-order chi connectivity index (χ0) is 24.8. The Morgan fingerprint density at radius 1 is 1.00 bits per heavy atom. The van der Waals surface area contributed by atoms with Gasteiger partial charge in [-0.05, 0) is 36.0 Å². The van der Waals surface area contributed by atoms with E-state index in [4.69, 9.17) is 0 Å². The highest BCUT2D eigenvalue weighted by molar-refractivity contribution is 7.91. The summed E-state index contributed by atoms with van der Waals surface area (Å²) < 4.78 is 65.7. The molecule has 2 aromatic carbocycles. The fourth-order valence-electron chi connectivity index (χ4n) is 6.65. The van der Waals surface area contributed by atoms with Gasteiger partial charge in [0.25, 0.3) is 0 Å². The first-order chi connectivity index (χ1) is 16.6. The molecule has 1 saturated carbocycles. The van der Waals surface area contributed by atoms with Gasteiger partial charge in [-0.15, -0.1) is 0 Å². The fraction of sp³-hybridized carbons (Fsp3) is 0.519. The molecule has 1 aliphatic carbocycles. The van der Waals surface area contributed by atoms with Crippen LogP contribution < -0.4 is 0 Å². The number of rotatable bonds is 4. The SMILES string of the molecule is O=C(C(c1cccc(C(F)(F)F)c1)C1CCCCC1)N1CC2CS(=O)(=O)CC2(c2ccccc2)C1. The third kappa shape index (κ3) is 4.61. The topological polar surface area (TPSA) is 54.5 Å². The van der Waals surface area contributed by atoms with Gasteiger partial charge in [-0.1, -0.05) is 67.8 Å². The molecular formula is C27H30F3NO3S. The number of carbonyl (C=O) groups excluding carboxylic acids is 1. The Hall–Kier alpha value is -2.35. The van der Waals surface area contributed by atoms with Crippen LogP contribution in [-0.2, 0) is 26.2 Å². The van der Waals surface area contributed by atoms with Gasteiger partial charge >= 0.3 is 6.18 Å². The summed E-state index contributed by atoms with van der Waals surface area (Å²) >= 11 is 0. The first-order valence-corrected chi connectivity index (χ1v) is 14.1. The Balaban J connectivity index is 1.50. The molecule has 0 N–H and O–H groups in total. The Labute approximate surface area is 204 Å². The van der Waals surface area contributed by atoms with Crippen molar-refractivity contribution in [1.29, 1.82) is 0 Å². The molecule has 3 atom stereocenters. The summed E-state index contributed by atoms with van der Waals surface area (Å²) in [6.45, 7) is 0.594. The molecule has 0 bridgehead atoms. The molecule has 5 rings (SSSR count). The van der Waals surface area contributed by atoms with Crippen LogP contribution >= 0.6 is 0 Å². The van der Waals surface area contributed by atoms with Crippen molar-refractivity contribution >= 4 is 15.7 Å². The number of hydrogen-bond acceptors (Lipinski definition) is 3. The van der Waals surface area contributed by atoms with Gasteiger partial charge in [-0.2, -0.15) is 13.2 Å². The molecule has 3 unspecified atom stereocenters. The van der Waals surface area contributed by atoms with Crippen LogP contribution in [-0.4, -0.2) is 43.8 Å². The van der Waals surface area contributed by atoms with E-state index in [0.717, 1.165) is 49.8 Å². The number of benzene rings is 2. The summed E-state index contributed by atoms with van der Waals surface area (Å²) in [4.78, 5) is 15.8. The van der Waals surface area contributed by atoms with Crippen LogP contribution in [0.25, 0.3) is 0 Å². The van der Waals surface area contributed by atoms with Crippen molar-refractivity contribution in [3.05, 3.63) is 71.3 Å². The van der Waals surface area contributed by atoms with Gasteiger partial charge in [0.05, 0.1) is 23.0 Å². The van der Waals surface area contributed by atoms with Crippen LogP contribution in [0.3, 0.4) is 0 Å². The van der Waals surface area contributed by atoms with E-state index in [1.807, 2.05) is 30.3 Å². The maximum atomic E-state index is 14.1. The Kier molecular flexibility index (Phi) is 6.22. The van der Waals surface area contributed by atoms with Crippen molar-refractivity contribution in [2.45, 2.75) is 49.6 Å². The summed E-state index contributed by atoms with van der Waals surface area (Å²) in [6.07, 6.45) is 0.127. The molecule has 2 heterocycles. The highest BCUT2D eigenvalue weighted by atomic mass is 32.2. The average molecular weight is 506 g/mol. The molecule has 8 heteroatoms. The van der Waals surface area contributed by atoms with E-state index in [1.165, 1.54) is 6.07 Å². The molecule has 2 aromatic rings. The van der Waals surface area contributed by atoms with Gasteiger partial charge in [0.15, 0.2) is 9.84 Å². The third-order valence-electron chi connectivity index (χ3n) is 8.25. The molecule has 0 spiro atoms. The third-order valence-corrected chi connectivity index (χ3v) is 10.1. The molecule has 2 saturated heterocycles. The lowest BCUT2D eigenvalue weighted by Crippen LogP contribution is -2.41. The quantitative estimate of drug-likeness (QED) is 0.575. The van der Waals surface area contributed by atoms with Crippen LogP contribution in [0.2, 0.25) is 0 Å². The predicted molar refractivity (Wildman–Crippen MR) is 128 cm³/mol. The smallest absolute Gasteiger partial charge is 0.341 e. The van der Waals surface area contributed by atoms with Gasteiger partial charge < -0.3 is 4.90 Å². The summed E-state index contributed by atoms with van der Waals surface area (Å²) in [6, 6.07) is 14.7. The van der Waals surface area contributed by atoms with Crippen molar-refractivity contribution in [2.75, 3.05) is 24.6 Å². The first-order valence-electron chi connectivity index (χ1n) is 12.3. The molecule has 3 aliphatic rings. The minimum absolute atomic E-state index is 0.00386. The lowest BCUT2D eigenvalue weighted by molar-refractivity contribution is -0.138. The van der Waals surface area contributed by atoms with Crippen LogP contribution in [0.4, 0.5) is 13.2 Å². The Morgan fingerprint density at radius 2 is 1.71 bits per heavy atom. The van der Waals surface area contributed by atoms with Crippen molar-refractivity contribution in [3.8, 4) is 0 Å². The highest BCUT2D eigenvalue weighted by Gasteiger charge is 2.57. The molecule has 0 aromatic heterocycles. The summed E-state index contributed by atoms with van der Waals surface area (Å²) in [5.41, 5.74) is -0.0840. The monoisotopic (exact) mass is 505 g/mol. The second-order valence-corrected chi connectivity index (χ2v) is 12.6. The minimum atomic E-state index is -4.48. The molecule has 4 nitrogen and oxygen atoms in total. The maximum absolute atomic E-state index is 14.1. The van der Waals surface area contributed by atoms with E-state index in [2.05, 4.69) is 0 Å². The van der Waals surface area contributed by atoms with Crippen LogP contribution in [0.15, 0.2) is 54.6 Å². The molecule has 188 valence electrons. The number of likely N-dealkylation sites (tertiary alicyclic amines) is 1. The predicted octanol–water partition coefficient (Wildman–Crippen LogP) is 5.19. The van der Waals surface area contributed by atoms with E-state index in [-0.39, 0.29) is 35.8 Å². The van der Waals surface area contributed by atoms with Crippen LogP contribution in [0.5, 0.6) is 0 Å². The van der Waals surface area contributed by atoms with Gasteiger partial charge in [0.2, 0.25) is 5.91 Å². The number of alkyl halides is 3. The van der Waals surface area contributed by atoms with Crippen molar-refractivity contribution in [1.82, 2.24) is 4.90 Å². The van der Waals surface area contributed by atoms with Gasteiger partial charge in [-0.3, -0.25) is 4.79 Å². The second-order valence-electron chi connectivity index (χ2n) is 10.5. The molecule has 1 amide bonds. The normalized spacial score (nSPS) is 27.5. The number of amides is 1. The molecular weight excluding hydrogens is 475 g/mol. The zero-order valence-corrected chi connectivity index (χ0v) is 20.3. The molecule has 3 fully saturated rings. The van der Waals surface area contributed by atoms with E-state index >= 15 is 0 Å². The van der Waals surface area contributed by atoms with Crippen LogP contribution in [0, 0.1) is 11.8 Å². The highest BCUT2D eigenvalue weighted by Crippen LogP contribution is 2.48. The number of nitrogens with zero attached hydrogens (tertiary/aromatic N) is 1. The zero-order valence-electron chi connectivity index (χ0n) is 19.5. The van der Waals surface area contributed by atoms with Gasteiger partial charge in [0, 0.05) is 24.4 Å². The Morgan fingerprint density at radius 3 is 2.40 bits per heavy atom. The van der Waals surface area contributed by atoms with Crippen molar-refractivity contribution in [3.63, 3.8) is 0 Å². The van der Waals surface area contributed by atoms with Crippen LogP contribution in [0.1, 0.15) is 54.7 Å². The lowest BCUT2D eigenvalue weighted by atomic mass is 9.75. The second kappa shape index (κ2) is 8.95. The average Bonchev–Trinajstić information content (AvgIpc) is 3.30. The van der Waals surface area contributed by atoms with Crippen molar-refractivity contribution in [2.24, 2.45) is 11.8 Å². The molecule has 2 aliphatic heterocycles. The summed E-state index contributed by atoms with van der Waals surface area (Å²) in [7, 11) is -3.24. The lowest BCUT2D eigenvalue weighted by Gasteiger charge is -2.34. The summed E-state index contributed by atoms with van der Waals surface area (Å²) in [5, 5.41) is 0. The fourth-order valence-corrected chi connectivity index (χ4v) is 9.08. The number of halogens is 3. The standard InChI is InChI=1S/C27H30F3NO3S/c28-27(29,30)22-13-7-10-20(14-22)24(19-8-3-1-4-9-19)25(32)31-15-23-16-35(33,34)18-26(23,17-31)21-11-5-2-6-12-21/h2,5-7,10-14,19,23-24H,1,3-4,8-9,15-18H2. The largest absolute Gasteiger partial charge is 0.416 e. The van der Waals surface area contributed by atoms with E-state index < -0.39 is 32.9 Å². The van der Waals surface area contributed by atoms with Crippen molar-refractivity contribution < 1.29 is 26.4 Å². The first kappa shape index (κ1) is 24.3. The van der Waals surface area contributed by atoms with Gasteiger partial charge in [0.1, 0.15) is 0 Å². The Bertz CT molecular complexity index is 1190. The van der Waals surface area contributed by atoms with E-state index in [0.29, 0.717) is 12.1 Å². The molecule has 35 heavy (non-hydrogen) atoms. The van der Waals surface area contributed by atoms with Gasteiger partial charge in [-0.25, -0.2) is 8.42 Å². The molecule has 0 radical (unpaired) electrons. The number of hydrogen-bond donors (Lipinski definition) is 0. The minimum Gasteiger partial charge on any atom is -0.341 e. The van der Waals surface area contributed by atoms with E-state index in [1.54, 1.807) is 11.0 Å². The summed E-state index contributed by atoms with van der Waals surface area (Å²) in [5.74, 6) is -1.03. The number of carbonyl (C=O) groups is 1. The maximum Gasteiger partial charge on any atom is 0.416 e. The van der Waals surface area contributed by atoms with E-state index in [9.17, 15) is 26.4 Å².